The molecule has 0 bridgehead atoms. The number of nitrogens with one attached hydrogen (secondary N) is 1. The molecule has 1 aromatic carbocycles. The van der Waals surface area contributed by atoms with Crippen molar-refractivity contribution < 1.29 is 18.3 Å². The van der Waals surface area contributed by atoms with E-state index in [2.05, 4.69) is 30.1 Å². The second-order valence-electron chi connectivity index (χ2n) is 11.5. The van der Waals surface area contributed by atoms with E-state index in [9.17, 15) is 9.18 Å². The Morgan fingerprint density at radius 3 is 2.41 bits per heavy atom. The number of piperazine rings is 1. The molecule has 0 unspecified atom stereocenters. The highest BCUT2D eigenvalue weighted by Gasteiger charge is 2.27. The van der Waals surface area contributed by atoms with Crippen molar-refractivity contribution in [1.82, 2.24) is 24.8 Å². The number of aromatic nitrogens is 4. The molecular weight excluding hydrogens is 590 g/mol. The molecule has 228 valence electrons. The molecule has 4 heterocycles. The van der Waals surface area contributed by atoms with Gasteiger partial charge in [0.15, 0.2) is 11.5 Å². The summed E-state index contributed by atoms with van der Waals surface area (Å²) in [6, 6.07) is 4.79. The number of fused-ring (bicyclic) bond motifs is 1. The molecule has 1 aliphatic heterocycles. The lowest BCUT2D eigenvalue weighted by molar-refractivity contribution is 0.0240. The first kappa shape index (κ1) is 30.8. The summed E-state index contributed by atoms with van der Waals surface area (Å²) in [6.45, 7) is 18.1. The number of amides is 1. The maximum atomic E-state index is 15.4. The van der Waals surface area contributed by atoms with E-state index >= 15 is 4.39 Å². The Morgan fingerprint density at radius 1 is 1.09 bits per heavy atom. The molecule has 0 saturated carbocycles. The van der Waals surface area contributed by atoms with Crippen molar-refractivity contribution in [3.8, 4) is 11.3 Å². The lowest BCUT2D eigenvalue weighted by Crippen LogP contribution is -2.50. The fraction of sp³-hybridized carbons (Fsp3) is 0.355. The van der Waals surface area contributed by atoms with Crippen LogP contribution >= 0.6 is 11.6 Å². The lowest BCUT2D eigenvalue weighted by atomic mass is 10.1. The SMILES string of the molecule is [C-]#[N+]c1ccc(F)c([C@@H](C)Nc2c(Cl)c(C)nc3cc(F)c(-c4cnc(N5CCN(C(=O)OC(C)(C)C)CC5)nc4)nc23)c1. The molecule has 5 rings (SSSR count). The van der Waals surface area contributed by atoms with Gasteiger partial charge in [-0.15, -0.1) is 0 Å². The number of hydrogen-bond acceptors (Lipinski definition) is 8. The zero-order valence-corrected chi connectivity index (χ0v) is 25.7. The van der Waals surface area contributed by atoms with Crippen LogP contribution in [0, 0.1) is 25.1 Å². The van der Waals surface area contributed by atoms with Crippen LogP contribution < -0.4 is 10.2 Å². The van der Waals surface area contributed by atoms with Crippen molar-refractivity contribution in [3.05, 3.63) is 76.0 Å². The van der Waals surface area contributed by atoms with Gasteiger partial charge in [0, 0.05) is 50.2 Å². The third-order valence-electron chi connectivity index (χ3n) is 7.08. The Bertz CT molecular complexity index is 1760. The third kappa shape index (κ3) is 6.48. The van der Waals surface area contributed by atoms with Gasteiger partial charge in [-0.1, -0.05) is 17.7 Å². The van der Waals surface area contributed by atoms with Crippen molar-refractivity contribution in [2.75, 3.05) is 36.4 Å². The number of anilines is 2. The normalized spacial score (nSPS) is 14.3. The summed E-state index contributed by atoms with van der Waals surface area (Å²) in [7, 11) is 0. The molecule has 1 fully saturated rings. The third-order valence-corrected chi connectivity index (χ3v) is 7.54. The molecule has 10 nitrogen and oxygen atoms in total. The minimum atomic E-state index is -0.621. The van der Waals surface area contributed by atoms with Gasteiger partial charge in [-0.3, -0.25) is 0 Å². The van der Waals surface area contributed by atoms with Gasteiger partial charge in [-0.05, 0) is 52.3 Å². The Morgan fingerprint density at radius 2 is 1.77 bits per heavy atom. The minimum absolute atomic E-state index is 0.00241. The number of nitrogens with zero attached hydrogens (tertiary/aromatic N) is 7. The number of ether oxygens (including phenoxy) is 1. The largest absolute Gasteiger partial charge is 0.444 e. The summed E-state index contributed by atoms with van der Waals surface area (Å²) in [6.07, 6.45) is 2.62. The van der Waals surface area contributed by atoms with Crippen molar-refractivity contribution in [2.45, 2.75) is 46.3 Å². The average Bonchev–Trinajstić information content (AvgIpc) is 2.99. The molecule has 1 saturated heterocycles. The van der Waals surface area contributed by atoms with E-state index in [0.717, 1.165) is 0 Å². The monoisotopic (exact) mass is 620 g/mol. The van der Waals surface area contributed by atoms with Gasteiger partial charge in [0.2, 0.25) is 5.95 Å². The van der Waals surface area contributed by atoms with E-state index in [1.54, 1.807) is 18.7 Å². The number of halogens is 3. The molecule has 0 radical (unpaired) electrons. The summed E-state index contributed by atoms with van der Waals surface area (Å²) < 4.78 is 35.5. The van der Waals surface area contributed by atoms with Crippen LogP contribution in [0.2, 0.25) is 5.02 Å². The second kappa shape index (κ2) is 12.2. The van der Waals surface area contributed by atoms with Gasteiger partial charge in [0.1, 0.15) is 22.6 Å². The van der Waals surface area contributed by atoms with Crippen LogP contribution in [0.5, 0.6) is 0 Å². The molecule has 1 aliphatic rings. The number of carbonyl (C=O) groups excluding carboxylic acids is 1. The lowest BCUT2D eigenvalue weighted by Gasteiger charge is -2.35. The van der Waals surface area contributed by atoms with Gasteiger partial charge < -0.3 is 19.9 Å². The summed E-state index contributed by atoms with van der Waals surface area (Å²) in [5.74, 6) is -0.658. The fourth-order valence-corrected chi connectivity index (χ4v) is 5.03. The Kier molecular flexibility index (Phi) is 8.52. The first-order chi connectivity index (χ1) is 20.8. The van der Waals surface area contributed by atoms with E-state index in [1.165, 1.54) is 36.7 Å². The molecule has 3 aromatic heterocycles. The Hall–Kier alpha value is -4.63. The number of hydrogen-bond donors (Lipinski definition) is 1. The van der Waals surface area contributed by atoms with Crippen LogP contribution in [-0.2, 0) is 4.74 Å². The highest BCUT2D eigenvalue weighted by Crippen LogP contribution is 2.37. The van der Waals surface area contributed by atoms with Crippen molar-refractivity contribution in [3.63, 3.8) is 0 Å². The Labute approximate surface area is 258 Å². The van der Waals surface area contributed by atoms with E-state index in [4.69, 9.17) is 22.9 Å². The predicted octanol–water partition coefficient (Wildman–Crippen LogP) is 7.11. The molecule has 1 N–H and O–H groups in total. The molecule has 44 heavy (non-hydrogen) atoms. The molecule has 1 atom stereocenters. The van der Waals surface area contributed by atoms with Crippen LogP contribution in [0.25, 0.3) is 27.1 Å². The van der Waals surface area contributed by atoms with E-state index in [0.29, 0.717) is 54.8 Å². The number of carbonyl (C=O) groups is 1. The van der Waals surface area contributed by atoms with Gasteiger partial charge in [-0.25, -0.2) is 38.4 Å². The van der Waals surface area contributed by atoms with Gasteiger partial charge >= 0.3 is 6.09 Å². The summed E-state index contributed by atoms with van der Waals surface area (Å²) in [5.41, 5.74) is 1.69. The van der Waals surface area contributed by atoms with Crippen LogP contribution in [-0.4, -0.2) is 62.7 Å². The van der Waals surface area contributed by atoms with Crippen LogP contribution in [0.15, 0.2) is 36.7 Å². The highest BCUT2D eigenvalue weighted by atomic mass is 35.5. The molecule has 0 spiro atoms. The summed E-state index contributed by atoms with van der Waals surface area (Å²) >= 11 is 6.64. The van der Waals surface area contributed by atoms with E-state index < -0.39 is 23.3 Å². The maximum Gasteiger partial charge on any atom is 0.410 e. The van der Waals surface area contributed by atoms with Crippen LogP contribution in [0.1, 0.15) is 45.0 Å². The predicted molar refractivity (Wildman–Crippen MR) is 165 cm³/mol. The van der Waals surface area contributed by atoms with Crippen LogP contribution in [0.3, 0.4) is 0 Å². The van der Waals surface area contributed by atoms with Gasteiger partial charge in [0.25, 0.3) is 0 Å². The Balaban J connectivity index is 1.40. The second-order valence-corrected chi connectivity index (χ2v) is 11.9. The van der Waals surface area contributed by atoms with E-state index in [1.807, 2.05) is 25.7 Å². The molecule has 13 heteroatoms. The average molecular weight is 621 g/mol. The van der Waals surface area contributed by atoms with Crippen LogP contribution in [0.4, 0.5) is 30.9 Å². The highest BCUT2D eigenvalue weighted by molar-refractivity contribution is 6.35. The minimum Gasteiger partial charge on any atom is -0.444 e. The summed E-state index contributed by atoms with van der Waals surface area (Å²) in [4.78, 5) is 37.2. The number of rotatable bonds is 5. The van der Waals surface area contributed by atoms with Gasteiger partial charge in [0.05, 0.1) is 34.5 Å². The first-order valence-electron chi connectivity index (χ1n) is 14.0. The van der Waals surface area contributed by atoms with Crippen molar-refractivity contribution in [2.24, 2.45) is 0 Å². The van der Waals surface area contributed by atoms with Crippen molar-refractivity contribution in [1.29, 1.82) is 0 Å². The number of aryl methyl sites for hydroxylation is 1. The molecule has 1 amide bonds. The number of benzene rings is 1. The van der Waals surface area contributed by atoms with E-state index in [-0.39, 0.29) is 33.4 Å². The summed E-state index contributed by atoms with van der Waals surface area (Å²) in [5, 5.41) is 3.46. The molecule has 4 aromatic rings. The maximum absolute atomic E-state index is 15.4. The fourth-order valence-electron chi connectivity index (χ4n) is 4.85. The molecule has 0 aliphatic carbocycles. The standard InChI is InChI=1S/C31H31ClF2N8O2/c1-17(21-13-20(35-6)7-8-22(21)33)39-28-25(32)18(2)38-24-14-23(34)26(40-27(24)28)19-15-36-29(37-16-19)41-9-11-42(12-10-41)30(43)44-31(3,4)5/h7-8,13-17H,9-12H2,1-5H3,(H,38,39)/t17-/m1/s1. The zero-order valence-electron chi connectivity index (χ0n) is 25.0. The quantitative estimate of drug-likeness (QED) is 0.236. The number of pyridine rings is 2. The topological polar surface area (TPSA) is 101 Å². The van der Waals surface area contributed by atoms with Crippen molar-refractivity contribution >= 4 is 46.1 Å². The first-order valence-corrected chi connectivity index (χ1v) is 14.4. The smallest absolute Gasteiger partial charge is 0.410 e. The molecular formula is C31H31ClF2N8O2. The van der Waals surface area contributed by atoms with Gasteiger partial charge in [-0.2, -0.15) is 0 Å². The zero-order chi connectivity index (χ0) is 31.8.